The van der Waals surface area contributed by atoms with Crippen LogP contribution in [0.25, 0.3) is 0 Å². The van der Waals surface area contributed by atoms with Gasteiger partial charge in [-0.15, -0.1) is 0 Å². The van der Waals surface area contributed by atoms with E-state index in [0.717, 1.165) is 29.4 Å². The molecule has 1 saturated heterocycles. The van der Waals surface area contributed by atoms with Crippen molar-refractivity contribution in [2.75, 3.05) is 26.2 Å². The van der Waals surface area contributed by atoms with E-state index in [0.29, 0.717) is 0 Å². The van der Waals surface area contributed by atoms with Crippen LogP contribution in [0.5, 0.6) is 0 Å². The molecular formula is C14H23BrN2O. The molecule has 1 fully saturated rings. The molecule has 1 unspecified atom stereocenters. The lowest BCUT2D eigenvalue weighted by Gasteiger charge is -2.29. The third-order valence-electron chi connectivity index (χ3n) is 3.46. The summed E-state index contributed by atoms with van der Waals surface area (Å²) in [5.74, 6) is 1.85. The first-order chi connectivity index (χ1) is 8.78. The summed E-state index contributed by atoms with van der Waals surface area (Å²) < 4.78 is 6.44. The van der Waals surface area contributed by atoms with Gasteiger partial charge in [-0.1, -0.05) is 6.92 Å². The minimum absolute atomic E-state index is 0.795. The second-order valence-corrected chi connectivity index (χ2v) is 5.93. The highest BCUT2D eigenvalue weighted by Gasteiger charge is 2.17. The van der Waals surface area contributed by atoms with Crippen molar-refractivity contribution < 1.29 is 4.42 Å². The molecule has 102 valence electrons. The molecule has 0 saturated carbocycles. The van der Waals surface area contributed by atoms with Crippen LogP contribution in [0.1, 0.15) is 31.9 Å². The fraction of sp³-hybridized carbons (Fsp3) is 0.714. The van der Waals surface area contributed by atoms with Crippen LogP contribution in [0.2, 0.25) is 0 Å². The summed E-state index contributed by atoms with van der Waals surface area (Å²) in [6, 6.07) is 4.04. The molecule has 4 heteroatoms. The molecule has 0 amide bonds. The lowest BCUT2D eigenvalue weighted by molar-refractivity contribution is 0.188. The van der Waals surface area contributed by atoms with Gasteiger partial charge in [-0.25, -0.2) is 0 Å². The Balaban J connectivity index is 1.86. The highest BCUT2D eigenvalue weighted by molar-refractivity contribution is 9.10. The zero-order valence-corrected chi connectivity index (χ0v) is 12.7. The summed E-state index contributed by atoms with van der Waals surface area (Å²) in [6.07, 6.45) is 3.87. The summed E-state index contributed by atoms with van der Waals surface area (Å²) in [6.45, 7) is 7.85. The van der Waals surface area contributed by atoms with Crippen molar-refractivity contribution in [2.45, 2.75) is 32.7 Å². The van der Waals surface area contributed by atoms with E-state index in [9.17, 15) is 0 Å². The molecule has 1 aromatic rings. The molecule has 1 aliphatic rings. The van der Waals surface area contributed by atoms with Gasteiger partial charge in [-0.3, -0.25) is 4.90 Å². The van der Waals surface area contributed by atoms with Crippen LogP contribution in [0.4, 0.5) is 0 Å². The minimum atomic E-state index is 0.795. The summed E-state index contributed by atoms with van der Waals surface area (Å²) >= 11 is 3.36. The number of hydrogen-bond donors (Lipinski definition) is 1. The standard InChI is InChI=1S/C14H23BrN2O/c1-2-8-17(10-12-4-3-7-16-9-12)11-13-5-6-14(15)18-13/h5-6,12,16H,2-4,7-11H2,1H3. The van der Waals surface area contributed by atoms with Crippen LogP contribution >= 0.6 is 15.9 Å². The van der Waals surface area contributed by atoms with Gasteiger partial charge in [-0.2, -0.15) is 0 Å². The van der Waals surface area contributed by atoms with Crippen molar-refractivity contribution in [3.8, 4) is 0 Å². The number of nitrogens with one attached hydrogen (secondary N) is 1. The van der Waals surface area contributed by atoms with Crippen molar-refractivity contribution >= 4 is 15.9 Å². The first-order valence-electron chi connectivity index (χ1n) is 6.95. The predicted molar refractivity (Wildman–Crippen MR) is 77.6 cm³/mol. The minimum Gasteiger partial charge on any atom is -0.453 e. The molecule has 0 radical (unpaired) electrons. The molecule has 1 aliphatic heterocycles. The van der Waals surface area contributed by atoms with Crippen molar-refractivity contribution in [1.29, 1.82) is 0 Å². The van der Waals surface area contributed by atoms with Crippen molar-refractivity contribution in [1.82, 2.24) is 10.2 Å². The molecule has 1 N–H and O–H groups in total. The Labute approximate surface area is 118 Å². The Kier molecular flexibility index (Phi) is 5.73. The molecule has 1 aromatic heterocycles. The number of rotatable bonds is 6. The van der Waals surface area contributed by atoms with Crippen LogP contribution in [0, 0.1) is 5.92 Å². The molecule has 3 nitrogen and oxygen atoms in total. The van der Waals surface area contributed by atoms with Gasteiger partial charge < -0.3 is 9.73 Å². The van der Waals surface area contributed by atoms with E-state index < -0.39 is 0 Å². The molecule has 0 aromatic carbocycles. The monoisotopic (exact) mass is 314 g/mol. The van der Waals surface area contributed by atoms with Gasteiger partial charge in [0.15, 0.2) is 4.67 Å². The van der Waals surface area contributed by atoms with E-state index in [-0.39, 0.29) is 0 Å². The second-order valence-electron chi connectivity index (χ2n) is 5.15. The second kappa shape index (κ2) is 7.31. The van der Waals surface area contributed by atoms with E-state index in [1.165, 1.54) is 38.9 Å². The van der Waals surface area contributed by atoms with Crippen LogP contribution in [-0.4, -0.2) is 31.1 Å². The van der Waals surface area contributed by atoms with Crippen LogP contribution in [-0.2, 0) is 6.54 Å². The van der Waals surface area contributed by atoms with E-state index in [1.807, 2.05) is 6.07 Å². The maximum absolute atomic E-state index is 5.61. The number of halogens is 1. The molecular weight excluding hydrogens is 292 g/mol. The fourth-order valence-electron chi connectivity index (χ4n) is 2.65. The summed E-state index contributed by atoms with van der Waals surface area (Å²) in [7, 11) is 0. The maximum atomic E-state index is 5.61. The average Bonchev–Trinajstić information content (AvgIpc) is 2.76. The molecule has 1 atom stereocenters. The van der Waals surface area contributed by atoms with E-state index >= 15 is 0 Å². The van der Waals surface area contributed by atoms with E-state index in [4.69, 9.17) is 4.42 Å². The number of hydrogen-bond acceptors (Lipinski definition) is 3. The SMILES string of the molecule is CCCN(Cc1ccc(Br)o1)CC1CCCNC1. The highest BCUT2D eigenvalue weighted by Crippen LogP contribution is 2.18. The van der Waals surface area contributed by atoms with E-state index in [2.05, 4.69) is 39.1 Å². The Morgan fingerprint density at radius 2 is 2.39 bits per heavy atom. The first-order valence-corrected chi connectivity index (χ1v) is 7.74. The molecule has 18 heavy (non-hydrogen) atoms. The van der Waals surface area contributed by atoms with Crippen molar-refractivity contribution in [2.24, 2.45) is 5.92 Å². The number of piperidine rings is 1. The largest absolute Gasteiger partial charge is 0.453 e. The van der Waals surface area contributed by atoms with Crippen molar-refractivity contribution in [3.63, 3.8) is 0 Å². The van der Waals surface area contributed by atoms with Gasteiger partial charge in [0.1, 0.15) is 5.76 Å². The molecule has 0 aliphatic carbocycles. The topological polar surface area (TPSA) is 28.4 Å². The van der Waals surface area contributed by atoms with Gasteiger partial charge in [0.2, 0.25) is 0 Å². The van der Waals surface area contributed by atoms with Gasteiger partial charge in [0.05, 0.1) is 6.54 Å². The predicted octanol–water partition coefficient (Wildman–Crippen LogP) is 3.25. The van der Waals surface area contributed by atoms with Gasteiger partial charge >= 0.3 is 0 Å². The summed E-state index contributed by atoms with van der Waals surface area (Å²) in [5.41, 5.74) is 0. The Hall–Kier alpha value is -0.320. The molecule has 2 rings (SSSR count). The fourth-order valence-corrected chi connectivity index (χ4v) is 2.99. The molecule has 0 bridgehead atoms. The van der Waals surface area contributed by atoms with Gasteiger partial charge in [-0.05, 0) is 72.9 Å². The third-order valence-corrected chi connectivity index (χ3v) is 3.89. The Morgan fingerprint density at radius 3 is 3.00 bits per heavy atom. The van der Waals surface area contributed by atoms with E-state index in [1.54, 1.807) is 0 Å². The Bertz CT molecular complexity index is 347. The lowest BCUT2D eigenvalue weighted by Crippen LogP contribution is -2.38. The normalized spacial score (nSPS) is 20.5. The third kappa shape index (κ3) is 4.41. The zero-order valence-electron chi connectivity index (χ0n) is 11.1. The average molecular weight is 315 g/mol. The highest BCUT2D eigenvalue weighted by atomic mass is 79.9. The van der Waals surface area contributed by atoms with Crippen LogP contribution in [0.3, 0.4) is 0 Å². The van der Waals surface area contributed by atoms with Gasteiger partial charge in [0.25, 0.3) is 0 Å². The smallest absolute Gasteiger partial charge is 0.169 e. The first kappa shape index (κ1) is 14.1. The zero-order chi connectivity index (χ0) is 12.8. The van der Waals surface area contributed by atoms with Crippen LogP contribution < -0.4 is 5.32 Å². The van der Waals surface area contributed by atoms with Gasteiger partial charge in [0, 0.05) is 6.54 Å². The number of nitrogens with zero attached hydrogens (tertiary/aromatic N) is 1. The van der Waals surface area contributed by atoms with Crippen LogP contribution in [0.15, 0.2) is 21.2 Å². The van der Waals surface area contributed by atoms with Crippen molar-refractivity contribution in [3.05, 3.63) is 22.6 Å². The molecule has 0 spiro atoms. The Morgan fingerprint density at radius 1 is 1.50 bits per heavy atom. The maximum Gasteiger partial charge on any atom is 0.169 e. The summed E-state index contributed by atoms with van der Waals surface area (Å²) in [4.78, 5) is 2.52. The lowest BCUT2D eigenvalue weighted by atomic mass is 9.99. The quantitative estimate of drug-likeness (QED) is 0.873. The number of furan rings is 1. The summed E-state index contributed by atoms with van der Waals surface area (Å²) in [5, 5.41) is 3.49. The molecule has 2 heterocycles.